The molecule has 108 valence electrons. The Morgan fingerprint density at radius 2 is 2.10 bits per heavy atom. The van der Waals surface area contributed by atoms with Gasteiger partial charge in [-0.3, -0.25) is 5.10 Å². The van der Waals surface area contributed by atoms with Crippen LogP contribution in [0, 0.1) is 5.95 Å². The van der Waals surface area contributed by atoms with Gasteiger partial charge in [0, 0.05) is 17.5 Å². The zero-order valence-electron chi connectivity index (χ0n) is 12.0. The molecule has 2 aromatic heterocycles. The molecule has 0 aliphatic rings. The summed E-state index contributed by atoms with van der Waals surface area (Å²) in [4.78, 5) is 3.96. The van der Waals surface area contributed by atoms with Crippen molar-refractivity contribution in [3.63, 3.8) is 0 Å². The second-order valence-corrected chi connectivity index (χ2v) is 5.38. The molecule has 0 aliphatic heterocycles. The van der Waals surface area contributed by atoms with E-state index in [0.717, 1.165) is 16.5 Å². The Morgan fingerprint density at radius 1 is 1.24 bits per heavy atom. The maximum Gasteiger partial charge on any atom is 0.218 e. The highest BCUT2D eigenvalue weighted by molar-refractivity contribution is 5.78. The quantitative estimate of drug-likeness (QED) is 0.716. The molecule has 1 aromatic carbocycles. The minimum atomic E-state index is -0.404. The van der Waals surface area contributed by atoms with Crippen molar-refractivity contribution >= 4 is 16.7 Å². The van der Waals surface area contributed by atoms with Crippen molar-refractivity contribution in [2.45, 2.75) is 26.3 Å². The highest BCUT2D eigenvalue weighted by Gasteiger charge is 2.08. The first kappa shape index (κ1) is 13.5. The lowest BCUT2D eigenvalue weighted by Gasteiger charge is -2.10. The molecule has 0 aliphatic carbocycles. The minimum absolute atomic E-state index is 0.134. The van der Waals surface area contributed by atoms with Gasteiger partial charge in [0.15, 0.2) is 0 Å². The second kappa shape index (κ2) is 5.52. The summed E-state index contributed by atoms with van der Waals surface area (Å²) < 4.78 is 13.8. The summed E-state index contributed by atoms with van der Waals surface area (Å²) in [5, 5.41) is 11.1. The van der Waals surface area contributed by atoms with Crippen LogP contribution in [0.4, 0.5) is 10.2 Å². The van der Waals surface area contributed by atoms with Gasteiger partial charge in [-0.1, -0.05) is 32.0 Å². The Balaban J connectivity index is 1.73. The molecule has 2 heterocycles. The van der Waals surface area contributed by atoms with Crippen molar-refractivity contribution in [2.24, 2.45) is 0 Å². The van der Waals surface area contributed by atoms with E-state index in [-0.39, 0.29) is 5.92 Å². The van der Waals surface area contributed by atoms with Crippen molar-refractivity contribution in [3.8, 4) is 0 Å². The minimum Gasteiger partial charge on any atom is -0.366 e. The number of nitrogens with one attached hydrogen (secondary N) is 2. The van der Waals surface area contributed by atoms with Crippen molar-refractivity contribution in [3.05, 3.63) is 53.6 Å². The van der Waals surface area contributed by atoms with Crippen molar-refractivity contribution < 1.29 is 4.39 Å². The largest absolute Gasteiger partial charge is 0.366 e. The van der Waals surface area contributed by atoms with E-state index in [2.05, 4.69) is 20.5 Å². The molecule has 3 aromatic rings. The van der Waals surface area contributed by atoms with Gasteiger partial charge in [-0.05, 0) is 23.6 Å². The number of nitrogens with zero attached hydrogens (tertiary/aromatic N) is 2. The molecule has 21 heavy (non-hydrogen) atoms. The van der Waals surface area contributed by atoms with Crippen LogP contribution in [0.5, 0.6) is 0 Å². The molecule has 0 fully saturated rings. The maximum absolute atomic E-state index is 13.8. The number of hydrogen-bond donors (Lipinski definition) is 2. The fourth-order valence-corrected chi connectivity index (χ4v) is 2.26. The molecule has 0 saturated carbocycles. The van der Waals surface area contributed by atoms with E-state index in [1.165, 1.54) is 0 Å². The molecule has 0 spiro atoms. The molecule has 0 atom stereocenters. The molecule has 0 saturated heterocycles. The molecule has 0 unspecified atom stereocenters. The molecule has 0 radical (unpaired) electrons. The van der Waals surface area contributed by atoms with Gasteiger partial charge in [0.1, 0.15) is 5.82 Å². The first-order valence-corrected chi connectivity index (χ1v) is 6.96. The summed E-state index contributed by atoms with van der Waals surface area (Å²) in [5.74, 6) is 0.273. The van der Waals surface area contributed by atoms with Gasteiger partial charge < -0.3 is 5.32 Å². The summed E-state index contributed by atoms with van der Waals surface area (Å²) in [6, 6.07) is 9.64. The Morgan fingerprint density at radius 3 is 2.86 bits per heavy atom. The fourth-order valence-electron chi connectivity index (χ4n) is 2.26. The van der Waals surface area contributed by atoms with Crippen LogP contribution in [-0.2, 0) is 6.54 Å². The third-order valence-corrected chi connectivity index (χ3v) is 3.48. The van der Waals surface area contributed by atoms with Gasteiger partial charge in [0.25, 0.3) is 0 Å². The van der Waals surface area contributed by atoms with E-state index in [1.807, 2.05) is 38.1 Å². The normalized spacial score (nSPS) is 11.2. The van der Waals surface area contributed by atoms with Gasteiger partial charge in [-0.25, -0.2) is 4.98 Å². The average Bonchev–Trinajstić information content (AvgIpc) is 2.92. The average molecular weight is 284 g/mol. The van der Waals surface area contributed by atoms with Gasteiger partial charge in [0.2, 0.25) is 5.95 Å². The van der Waals surface area contributed by atoms with E-state index < -0.39 is 5.95 Å². The summed E-state index contributed by atoms with van der Waals surface area (Å²) in [5.41, 5.74) is 2.71. The molecular weight excluding hydrogens is 267 g/mol. The van der Waals surface area contributed by atoms with E-state index in [9.17, 15) is 4.39 Å². The summed E-state index contributed by atoms with van der Waals surface area (Å²) >= 11 is 0. The van der Waals surface area contributed by atoms with Crippen LogP contribution in [0.2, 0.25) is 0 Å². The van der Waals surface area contributed by atoms with Gasteiger partial charge in [-0.2, -0.15) is 9.49 Å². The number of aromatic amines is 1. The fraction of sp³-hybridized carbons (Fsp3) is 0.250. The Labute approximate surface area is 122 Å². The molecule has 2 N–H and O–H groups in total. The summed E-state index contributed by atoms with van der Waals surface area (Å²) in [7, 11) is 0. The van der Waals surface area contributed by atoms with Crippen LogP contribution >= 0.6 is 0 Å². The van der Waals surface area contributed by atoms with Gasteiger partial charge >= 0.3 is 0 Å². The Hall–Kier alpha value is -2.43. The molecule has 5 heteroatoms. The first-order chi connectivity index (χ1) is 10.1. The van der Waals surface area contributed by atoms with Crippen LogP contribution in [0.3, 0.4) is 0 Å². The first-order valence-electron chi connectivity index (χ1n) is 6.96. The zero-order chi connectivity index (χ0) is 14.8. The molecule has 3 rings (SSSR count). The lowest BCUT2D eigenvalue weighted by Crippen LogP contribution is -2.04. The third kappa shape index (κ3) is 2.86. The lowest BCUT2D eigenvalue weighted by atomic mass is 10.1. The number of halogens is 1. The second-order valence-electron chi connectivity index (χ2n) is 5.38. The lowest BCUT2D eigenvalue weighted by molar-refractivity contribution is 0.558. The van der Waals surface area contributed by atoms with Gasteiger partial charge in [0.05, 0.1) is 11.7 Å². The monoisotopic (exact) mass is 284 g/mol. The van der Waals surface area contributed by atoms with Crippen molar-refractivity contribution in [2.75, 3.05) is 5.32 Å². The predicted octanol–water partition coefficient (Wildman–Crippen LogP) is 3.83. The maximum atomic E-state index is 13.8. The molecular formula is C16H17FN4. The topological polar surface area (TPSA) is 53.6 Å². The standard InChI is InChI=1S/C16H17FN4/c1-10(2)13-5-6-15(20-16(13)17)18-8-11-3-4-12-9-19-21-14(12)7-11/h3-7,9-10H,8H2,1-2H3,(H,18,20)(H,19,21). The molecule has 0 bridgehead atoms. The van der Waals surface area contributed by atoms with Crippen molar-refractivity contribution in [1.82, 2.24) is 15.2 Å². The number of rotatable bonds is 4. The number of fused-ring (bicyclic) bond motifs is 1. The van der Waals surface area contributed by atoms with Crippen LogP contribution in [0.15, 0.2) is 36.5 Å². The third-order valence-electron chi connectivity index (χ3n) is 3.48. The number of benzene rings is 1. The van der Waals surface area contributed by atoms with E-state index in [1.54, 1.807) is 12.3 Å². The van der Waals surface area contributed by atoms with Crippen molar-refractivity contribution in [1.29, 1.82) is 0 Å². The van der Waals surface area contributed by atoms with Crippen LogP contribution < -0.4 is 5.32 Å². The zero-order valence-corrected chi connectivity index (χ0v) is 12.0. The highest BCUT2D eigenvalue weighted by atomic mass is 19.1. The van der Waals surface area contributed by atoms with Crippen LogP contribution in [0.25, 0.3) is 10.9 Å². The smallest absolute Gasteiger partial charge is 0.218 e. The molecule has 4 nitrogen and oxygen atoms in total. The molecule has 0 amide bonds. The highest BCUT2D eigenvalue weighted by Crippen LogP contribution is 2.19. The SMILES string of the molecule is CC(C)c1ccc(NCc2ccc3cn[nH]c3c2)nc1F. The van der Waals surface area contributed by atoms with E-state index >= 15 is 0 Å². The Kier molecular flexibility index (Phi) is 3.56. The van der Waals surface area contributed by atoms with Gasteiger partial charge in [-0.15, -0.1) is 0 Å². The van der Waals surface area contributed by atoms with Crippen LogP contribution in [-0.4, -0.2) is 15.2 Å². The predicted molar refractivity (Wildman–Crippen MR) is 81.7 cm³/mol. The number of hydrogen-bond acceptors (Lipinski definition) is 3. The van der Waals surface area contributed by atoms with E-state index in [0.29, 0.717) is 17.9 Å². The number of anilines is 1. The van der Waals surface area contributed by atoms with E-state index in [4.69, 9.17) is 0 Å². The Bertz CT molecular complexity index is 764. The summed E-state index contributed by atoms with van der Waals surface area (Å²) in [6.45, 7) is 4.49. The number of H-pyrrole nitrogens is 1. The van der Waals surface area contributed by atoms with Crippen LogP contribution in [0.1, 0.15) is 30.9 Å². The summed E-state index contributed by atoms with van der Waals surface area (Å²) in [6.07, 6.45) is 1.79. The number of pyridine rings is 1. The number of aromatic nitrogens is 3.